The van der Waals surface area contributed by atoms with Gasteiger partial charge in [0, 0.05) is 6.42 Å². The molecule has 0 heterocycles. The smallest absolute Gasteiger partial charge is 0.306 e. The second kappa shape index (κ2) is 18.8. The molecule has 2 heteroatoms. The van der Waals surface area contributed by atoms with Gasteiger partial charge in [0.25, 0.3) is 0 Å². The summed E-state index contributed by atoms with van der Waals surface area (Å²) in [6.45, 7) is 6.56. The normalized spacial score (nSPS) is 12.3. The van der Waals surface area contributed by atoms with Crippen LogP contribution in [0.15, 0.2) is 0 Å². The van der Waals surface area contributed by atoms with E-state index in [0.717, 1.165) is 19.3 Å². The molecule has 0 aliphatic heterocycles. The lowest BCUT2D eigenvalue weighted by molar-refractivity contribution is -0.149. The molecule has 0 amide bonds. The van der Waals surface area contributed by atoms with Gasteiger partial charge in [-0.15, -0.1) is 0 Å². The molecule has 0 aliphatic carbocycles. The van der Waals surface area contributed by atoms with Gasteiger partial charge in [0.1, 0.15) is 6.10 Å². The molecule has 0 fully saturated rings. The van der Waals surface area contributed by atoms with E-state index in [0.29, 0.717) is 6.42 Å². The van der Waals surface area contributed by atoms with Crippen molar-refractivity contribution in [2.45, 2.75) is 136 Å². The Kier molecular flexibility index (Phi) is 18.4. The average molecular weight is 341 g/mol. The van der Waals surface area contributed by atoms with Gasteiger partial charge in [-0.1, -0.05) is 91.4 Å². The molecule has 0 aromatic heterocycles. The van der Waals surface area contributed by atoms with Gasteiger partial charge < -0.3 is 4.74 Å². The maximum atomic E-state index is 11.8. The van der Waals surface area contributed by atoms with Crippen molar-refractivity contribution in [3.05, 3.63) is 0 Å². The highest BCUT2D eigenvalue weighted by Gasteiger charge is 2.13. The van der Waals surface area contributed by atoms with Crippen molar-refractivity contribution in [3.63, 3.8) is 0 Å². The van der Waals surface area contributed by atoms with E-state index >= 15 is 0 Å². The molecule has 0 rings (SSSR count). The summed E-state index contributed by atoms with van der Waals surface area (Å²) in [5, 5.41) is 0. The SMILES string of the molecule is CCCCCCCCCC(CCCCCCCC)OC(=O)CCC. The van der Waals surface area contributed by atoms with E-state index in [1.807, 2.05) is 6.92 Å². The third kappa shape index (κ3) is 16.3. The Morgan fingerprint density at radius 3 is 1.46 bits per heavy atom. The minimum Gasteiger partial charge on any atom is -0.462 e. The molecule has 1 atom stereocenters. The molecule has 1 unspecified atom stereocenters. The predicted octanol–water partition coefficient (Wildman–Crippen LogP) is 7.59. The Morgan fingerprint density at radius 2 is 1.04 bits per heavy atom. The predicted molar refractivity (Wildman–Crippen MR) is 105 cm³/mol. The first-order valence-electron chi connectivity index (χ1n) is 10.9. The van der Waals surface area contributed by atoms with Gasteiger partial charge in [-0.25, -0.2) is 0 Å². The summed E-state index contributed by atoms with van der Waals surface area (Å²) < 4.78 is 5.72. The van der Waals surface area contributed by atoms with Crippen LogP contribution in [-0.2, 0) is 9.53 Å². The largest absolute Gasteiger partial charge is 0.462 e. The Hall–Kier alpha value is -0.530. The van der Waals surface area contributed by atoms with Crippen LogP contribution in [0.2, 0.25) is 0 Å². The molecule has 144 valence electrons. The molecule has 0 aromatic rings. The third-order valence-corrected chi connectivity index (χ3v) is 4.76. The van der Waals surface area contributed by atoms with Crippen molar-refractivity contribution in [2.75, 3.05) is 0 Å². The van der Waals surface area contributed by atoms with Crippen molar-refractivity contribution in [2.24, 2.45) is 0 Å². The van der Waals surface area contributed by atoms with Crippen LogP contribution in [-0.4, -0.2) is 12.1 Å². The zero-order chi connectivity index (χ0) is 17.9. The minimum atomic E-state index is 0.0106. The molecule has 0 bridgehead atoms. The fourth-order valence-corrected chi connectivity index (χ4v) is 3.19. The quantitative estimate of drug-likeness (QED) is 0.190. The third-order valence-electron chi connectivity index (χ3n) is 4.76. The monoisotopic (exact) mass is 340 g/mol. The van der Waals surface area contributed by atoms with Gasteiger partial charge >= 0.3 is 5.97 Å². The van der Waals surface area contributed by atoms with Crippen molar-refractivity contribution >= 4 is 5.97 Å². The van der Waals surface area contributed by atoms with E-state index < -0.39 is 0 Å². The molecular weight excluding hydrogens is 296 g/mol. The van der Waals surface area contributed by atoms with Gasteiger partial charge in [0.05, 0.1) is 0 Å². The molecule has 0 saturated carbocycles. The van der Waals surface area contributed by atoms with E-state index in [1.54, 1.807) is 0 Å². The van der Waals surface area contributed by atoms with Crippen LogP contribution in [0.1, 0.15) is 130 Å². The van der Waals surface area contributed by atoms with Crippen molar-refractivity contribution in [3.8, 4) is 0 Å². The summed E-state index contributed by atoms with van der Waals surface area (Å²) in [4.78, 5) is 11.8. The number of carbonyl (C=O) groups is 1. The topological polar surface area (TPSA) is 26.3 Å². The van der Waals surface area contributed by atoms with Crippen LogP contribution in [0.25, 0.3) is 0 Å². The molecule has 0 saturated heterocycles. The zero-order valence-electron chi connectivity index (χ0n) is 16.9. The lowest BCUT2D eigenvalue weighted by Gasteiger charge is -2.18. The van der Waals surface area contributed by atoms with E-state index in [1.165, 1.54) is 83.5 Å². The highest BCUT2D eigenvalue weighted by Crippen LogP contribution is 2.17. The second-order valence-electron chi connectivity index (χ2n) is 7.33. The van der Waals surface area contributed by atoms with Crippen LogP contribution in [0.3, 0.4) is 0 Å². The van der Waals surface area contributed by atoms with Gasteiger partial charge in [-0.2, -0.15) is 0 Å². The molecule has 24 heavy (non-hydrogen) atoms. The molecule has 0 N–H and O–H groups in total. The van der Waals surface area contributed by atoms with E-state index in [4.69, 9.17) is 4.74 Å². The van der Waals surface area contributed by atoms with E-state index in [-0.39, 0.29) is 12.1 Å². The summed E-state index contributed by atoms with van der Waals surface area (Å²) in [6, 6.07) is 0. The standard InChI is InChI=1S/C22H44O2/c1-4-7-9-11-13-15-17-20-21(24-22(23)18-6-3)19-16-14-12-10-8-5-2/h21H,4-20H2,1-3H3. The number of unbranched alkanes of at least 4 members (excludes halogenated alkanes) is 11. The molecule has 0 radical (unpaired) electrons. The fraction of sp³-hybridized carbons (Fsp3) is 0.955. The molecule has 0 spiro atoms. The van der Waals surface area contributed by atoms with Crippen molar-refractivity contribution in [1.82, 2.24) is 0 Å². The summed E-state index contributed by atoms with van der Waals surface area (Å²) >= 11 is 0. The number of rotatable bonds is 18. The number of esters is 1. The Morgan fingerprint density at radius 1 is 0.625 bits per heavy atom. The van der Waals surface area contributed by atoms with Crippen LogP contribution in [0.4, 0.5) is 0 Å². The van der Waals surface area contributed by atoms with Crippen molar-refractivity contribution in [1.29, 1.82) is 0 Å². The van der Waals surface area contributed by atoms with Gasteiger partial charge in [-0.05, 0) is 32.1 Å². The van der Waals surface area contributed by atoms with Crippen LogP contribution < -0.4 is 0 Å². The zero-order valence-corrected chi connectivity index (χ0v) is 16.9. The van der Waals surface area contributed by atoms with E-state index in [9.17, 15) is 4.79 Å². The summed E-state index contributed by atoms with van der Waals surface area (Å²) in [5.41, 5.74) is 0. The summed E-state index contributed by atoms with van der Waals surface area (Å²) in [5.74, 6) is 0.0106. The number of carbonyl (C=O) groups excluding carboxylic acids is 1. The van der Waals surface area contributed by atoms with E-state index in [2.05, 4.69) is 13.8 Å². The Bertz CT molecular complexity index is 263. The first-order valence-corrected chi connectivity index (χ1v) is 10.9. The number of ether oxygens (including phenoxy) is 1. The highest BCUT2D eigenvalue weighted by atomic mass is 16.5. The van der Waals surface area contributed by atoms with Gasteiger partial charge in [0.15, 0.2) is 0 Å². The molecule has 0 aromatic carbocycles. The second-order valence-corrected chi connectivity index (χ2v) is 7.33. The minimum absolute atomic E-state index is 0.0106. The lowest BCUT2D eigenvalue weighted by atomic mass is 10.0. The summed E-state index contributed by atoms with van der Waals surface area (Å²) in [6.07, 6.45) is 20.9. The highest BCUT2D eigenvalue weighted by molar-refractivity contribution is 5.69. The Balaban J connectivity index is 3.85. The summed E-state index contributed by atoms with van der Waals surface area (Å²) in [7, 11) is 0. The maximum Gasteiger partial charge on any atom is 0.306 e. The molecule has 2 nitrogen and oxygen atoms in total. The lowest BCUT2D eigenvalue weighted by Crippen LogP contribution is -2.18. The Labute approximate surface area is 152 Å². The molecule has 0 aliphatic rings. The van der Waals surface area contributed by atoms with Crippen LogP contribution >= 0.6 is 0 Å². The first kappa shape index (κ1) is 23.5. The first-order chi connectivity index (χ1) is 11.7. The van der Waals surface area contributed by atoms with Crippen molar-refractivity contribution < 1.29 is 9.53 Å². The number of hydrogen-bond donors (Lipinski definition) is 0. The van der Waals surface area contributed by atoms with Gasteiger partial charge in [-0.3, -0.25) is 4.79 Å². The van der Waals surface area contributed by atoms with Crippen LogP contribution in [0.5, 0.6) is 0 Å². The average Bonchev–Trinajstić information content (AvgIpc) is 2.57. The molecular formula is C22H44O2. The van der Waals surface area contributed by atoms with Gasteiger partial charge in [0.2, 0.25) is 0 Å². The number of hydrogen-bond acceptors (Lipinski definition) is 2. The maximum absolute atomic E-state index is 11.8. The fourth-order valence-electron chi connectivity index (χ4n) is 3.19. The van der Waals surface area contributed by atoms with Crippen LogP contribution in [0, 0.1) is 0 Å².